The third-order valence-electron chi connectivity index (χ3n) is 3.80. The van der Waals surface area contributed by atoms with E-state index in [0.717, 1.165) is 18.9 Å². The third kappa shape index (κ3) is 2.85. The molecule has 1 amide bonds. The van der Waals surface area contributed by atoms with Crippen LogP contribution >= 0.6 is 0 Å². The first-order valence-corrected chi connectivity index (χ1v) is 6.44. The minimum Gasteiger partial charge on any atom is -0.380 e. The highest BCUT2D eigenvalue weighted by molar-refractivity contribution is 5.94. The largest absolute Gasteiger partial charge is 0.380 e. The molecule has 19 heavy (non-hydrogen) atoms. The number of nitrogens with one attached hydrogen (secondary N) is 1. The lowest BCUT2D eigenvalue weighted by atomic mass is 9.73. The number of carbonyl (C=O) groups is 1. The number of hydrogen-bond acceptors (Lipinski definition) is 2. The van der Waals surface area contributed by atoms with Crippen LogP contribution < -0.4 is 11.1 Å². The van der Waals surface area contributed by atoms with Crippen molar-refractivity contribution < 1.29 is 13.6 Å². The van der Waals surface area contributed by atoms with Gasteiger partial charge < -0.3 is 11.1 Å². The molecule has 0 radical (unpaired) electrons. The quantitative estimate of drug-likeness (QED) is 0.882. The normalized spacial score (nSPS) is 22.2. The molecule has 1 aromatic carbocycles. The Balaban J connectivity index is 2.09. The Morgan fingerprint density at radius 3 is 2.47 bits per heavy atom. The molecule has 5 heteroatoms. The number of primary amides is 1. The Hall–Kier alpha value is -1.65. The molecular formula is C14H18F2N2O. The van der Waals surface area contributed by atoms with Gasteiger partial charge in [-0.2, -0.15) is 0 Å². The number of anilines is 1. The fourth-order valence-electron chi connectivity index (χ4n) is 2.39. The molecule has 0 spiro atoms. The fraction of sp³-hybridized carbons (Fsp3) is 0.500. The van der Waals surface area contributed by atoms with Crippen LogP contribution in [0.5, 0.6) is 0 Å². The molecule has 0 saturated heterocycles. The Morgan fingerprint density at radius 1 is 1.32 bits per heavy atom. The molecule has 0 heterocycles. The van der Waals surface area contributed by atoms with E-state index in [1.807, 2.05) is 0 Å². The van der Waals surface area contributed by atoms with Gasteiger partial charge in [0.25, 0.3) is 5.91 Å². The first-order chi connectivity index (χ1) is 8.88. The van der Waals surface area contributed by atoms with Crippen LogP contribution in [0.4, 0.5) is 14.5 Å². The van der Waals surface area contributed by atoms with E-state index >= 15 is 0 Å². The van der Waals surface area contributed by atoms with Crippen molar-refractivity contribution in [2.45, 2.75) is 32.7 Å². The van der Waals surface area contributed by atoms with Gasteiger partial charge in [0.2, 0.25) is 0 Å². The highest BCUT2D eigenvalue weighted by Crippen LogP contribution is 2.36. The molecule has 0 bridgehead atoms. The van der Waals surface area contributed by atoms with Crippen LogP contribution in [0, 0.1) is 23.5 Å². The predicted octanol–water partition coefficient (Wildman–Crippen LogP) is 2.91. The molecule has 0 atom stereocenters. The summed E-state index contributed by atoms with van der Waals surface area (Å²) in [5, 5.41) is 3.00. The molecule has 1 fully saturated rings. The summed E-state index contributed by atoms with van der Waals surface area (Å²) in [6.07, 6.45) is 1.92. The maximum absolute atomic E-state index is 13.6. The van der Waals surface area contributed by atoms with E-state index in [9.17, 15) is 13.6 Å². The first kappa shape index (κ1) is 13.8. The Kier molecular flexibility index (Phi) is 3.73. The van der Waals surface area contributed by atoms with Crippen molar-refractivity contribution in [3.63, 3.8) is 0 Å². The minimum atomic E-state index is -0.927. The summed E-state index contributed by atoms with van der Waals surface area (Å²) in [7, 11) is 0. The average Bonchev–Trinajstić information content (AvgIpc) is 2.23. The summed E-state index contributed by atoms with van der Waals surface area (Å²) in [5.41, 5.74) is 4.90. The molecule has 104 valence electrons. The zero-order chi connectivity index (χ0) is 14.2. The predicted molar refractivity (Wildman–Crippen MR) is 69.8 cm³/mol. The summed E-state index contributed by atoms with van der Waals surface area (Å²) in [4.78, 5) is 11.0. The van der Waals surface area contributed by atoms with Crippen molar-refractivity contribution in [1.29, 1.82) is 0 Å². The molecule has 1 aliphatic rings. The maximum atomic E-state index is 13.6. The van der Waals surface area contributed by atoms with Gasteiger partial charge in [-0.25, -0.2) is 8.78 Å². The lowest BCUT2D eigenvalue weighted by Crippen LogP contribution is -2.38. The second kappa shape index (κ2) is 5.15. The van der Waals surface area contributed by atoms with E-state index in [2.05, 4.69) is 19.2 Å². The molecular weight excluding hydrogens is 250 g/mol. The van der Waals surface area contributed by atoms with E-state index in [-0.39, 0.29) is 17.3 Å². The third-order valence-corrected chi connectivity index (χ3v) is 3.80. The van der Waals surface area contributed by atoms with Gasteiger partial charge in [0.15, 0.2) is 0 Å². The van der Waals surface area contributed by atoms with Crippen molar-refractivity contribution in [2.75, 3.05) is 5.32 Å². The minimum absolute atomic E-state index is 0.141. The average molecular weight is 268 g/mol. The van der Waals surface area contributed by atoms with Gasteiger partial charge in [0.05, 0.1) is 11.3 Å². The van der Waals surface area contributed by atoms with Crippen molar-refractivity contribution in [2.24, 2.45) is 17.6 Å². The van der Waals surface area contributed by atoms with Gasteiger partial charge >= 0.3 is 0 Å². The van der Waals surface area contributed by atoms with Crippen molar-refractivity contribution >= 4 is 11.6 Å². The van der Waals surface area contributed by atoms with Crippen LogP contribution in [-0.4, -0.2) is 11.9 Å². The molecule has 2 rings (SSSR count). The standard InChI is InChI=1S/C14H18F2N2O/c1-7(2)8-3-9(4-8)18-13-5-10(14(17)19)11(15)6-12(13)16/h5-9,18H,3-4H2,1-2H3,(H2,17,19). The lowest BCUT2D eigenvalue weighted by Gasteiger charge is -2.39. The number of rotatable bonds is 4. The van der Waals surface area contributed by atoms with Crippen LogP contribution in [-0.2, 0) is 0 Å². The summed E-state index contributed by atoms with van der Waals surface area (Å²) in [5.74, 6) is -1.28. The van der Waals surface area contributed by atoms with Crippen LogP contribution in [0.1, 0.15) is 37.0 Å². The van der Waals surface area contributed by atoms with E-state index in [1.54, 1.807) is 0 Å². The topological polar surface area (TPSA) is 55.1 Å². The van der Waals surface area contributed by atoms with Crippen molar-refractivity contribution in [3.05, 3.63) is 29.3 Å². The van der Waals surface area contributed by atoms with Gasteiger partial charge in [-0.05, 0) is 30.7 Å². The summed E-state index contributed by atoms with van der Waals surface area (Å²) in [6, 6.07) is 2.02. The van der Waals surface area contributed by atoms with Gasteiger partial charge in [-0.1, -0.05) is 13.8 Å². The second-order valence-electron chi connectivity index (χ2n) is 5.49. The number of carbonyl (C=O) groups excluding carboxylic acids is 1. The molecule has 0 unspecified atom stereocenters. The molecule has 1 aromatic rings. The van der Waals surface area contributed by atoms with Crippen LogP contribution in [0.2, 0.25) is 0 Å². The van der Waals surface area contributed by atoms with E-state index in [0.29, 0.717) is 17.9 Å². The maximum Gasteiger partial charge on any atom is 0.251 e. The molecule has 3 nitrogen and oxygen atoms in total. The van der Waals surface area contributed by atoms with Crippen molar-refractivity contribution in [1.82, 2.24) is 0 Å². The second-order valence-corrected chi connectivity index (χ2v) is 5.49. The summed E-state index contributed by atoms with van der Waals surface area (Å²) < 4.78 is 26.9. The molecule has 0 aromatic heterocycles. The van der Waals surface area contributed by atoms with Crippen molar-refractivity contribution in [3.8, 4) is 0 Å². The Labute approximate surface area is 111 Å². The first-order valence-electron chi connectivity index (χ1n) is 6.44. The number of hydrogen-bond donors (Lipinski definition) is 2. The van der Waals surface area contributed by atoms with Gasteiger partial charge in [0.1, 0.15) is 11.6 Å². The van der Waals surface area contributed by atoms with Gasteiger partial charge in [0, 0.05) is 12.1 Å². The van der Waals surface area contributed by atoms with Gasteiger partial charge in [-0.15, -0.1) is 0 Å². The zero-order valence-corrected chi connectivity index (χ0v) is 11.0. The summed E-state index contributed by atoms with van der Waals surface area (Å²) >= 11 is 0. The molecule has 0 aliphatic heterocycles. The van der Waals surface area contributed by atoms with Crippen LogP contribution in [0.3, 0.4) is 0 Å². The highest BCUT2D eigenvalue weighted by Gasteiger charge is 2.31. The SMILES string of the molecule is CC(C)C1CC(Nc2cc(C(N)=O)c(F)cc2F)C1. The van der Waals surface area contributed by atoms with E-state index in [1.165, 1.54) is 0 Å². The number of halogens is 2. The van der Waals surface area contributed by atoms with Crippen LogP contribution in [0.15, 0.2) is 12.1 Å². The number of amides is 1. The highest BCUT2D eigenvalue weighted by atomic mass is 19.1. The monoisotopic (exact) mass is 268 g/mol. The smallest absolute Gasteiger partial charge is 0.251 e. The fourth-order valence-corrected chi connectivity index (χ4v) is 2.39. The van der Waals surface area contributed by atoms with Crippen LogP contribution in [0.25, 0.3) is 0 Å². The molecule has 3 N–H and O–H groups in total. The zero-order valence-electron chi connectivity index (χ0n) is 11.0. The number of benzene rings is 1. The Bertz CT molecular complexity index is 496. The Morgan fingerprint density at radius 2 is 1.95 bits per heavy atom. The molecule has 1 aliphatic carbocycles. The lowest BCUT2D eigenvalue weighted by molar-refractivity contribution is 0.0996. The van der Waals surface area contributed by atoms with E-state index < -0.39 is 17.5 Å². The summed E-state index contributed by atoms with van der Waals surface area (Å²) in [6.45, 7) is 4.31. The number of nitrogens with two attached hydrogens (primary N) is 1. The van der Waals surface area contributed by atoms with E-state index in [4.69, 9.17) is 5.73 Å². The molecule has 1 saturated carbocycles. The van der Waals surface area contributed by atoms with Gasteiger partial charge in [-0.3, -0.25) is 4.79 Å².